The third-order valence-electron chi connectivity index (χ3n) is 3.64. The Hall–Kier alpha value is -1.64. The van der Waals surface area contributed by atoms with Crippen molar-refractivity contribution in [3.8, 4) is 0 Å². The number of hydrogen-bond acceptors (Lipinski definition) is 9. The summed E-state index contributed by atoms with van der Waals surface area (Å²) in [5.41, 5.74) is 0.369. The molecule has 0 N–H and O–H groups in total. The first-order chi connectivity index (χ1) is 12.9. The van der Waals surface area contributed by atoms with E-state index in [4.69, 9.17) is 0 Å². The van der Waals surface area contributed by atoms with Gasteiger partial charge in [-0.1, -0.05) is 0 Å². The van der Waals surface area contributed by atoms with Gasteiger partial charge in [-0.25, -0.2) is 18.4 Å². The second kappa shape index (κ2) is 8.80. The van der Waals surface area contributed by atoms with Gasteiger partial charge in [-0.15, -0.1) is 5.10 Å². The summed E-state index contributed by atoms with van der Waals surface area (Å²) in [5.74, 6) is -0.511. The van der Waals surface area contributed by atoms with E-state index < -0.39 is 26.0 Å². The first-order valence-corrected chi connectivity index (χ1v) is 12.7. The normalized spacial score (nSPS) is 12.4. The molecular formula is C14H20BrN5O6S2. The van der Waals surface area contributed by atoms with Crippen LogP contribution in [0.25, 0.3) is 11.0 Å². The number of unbranched alkanes of at least 4 members (excludes halogenated alkanes) is 1. The predicted molar refractivity (Wildman–Crippen MR) is 105 cm³/mol. The zero-order valence-corrected chi connectivity index (χ0v) is 18.7. The number of rotatable bonds is 9. The van der Waals surface area contributed by atoms with E-state index >= 15 is 0 Å². The highest BCUT2D eigenvalue weighted by Crippen LogP contribution is 2.22. The molecule has 0 aliphatic heterocycles. The lowest BCUT2D eigenvalue weighted by atomic mass is 10.3. The van der Waals surface area contributed by atoms with Crippen LogP contribution in [0.15, 0.2) is 10.8 Å². The Balaban J connectivity index is 2.13. The molecular weight excluding hydrogens is 478 g/mol. The van der Waals surface area contributed by atoms with Crippen molar-refractivity contribution in [1.82, 2.24) is 24.1 Å². The highest BCUT2D eigenvalue weighted by atomic mass is 79.9. The Kier molecular flexibility index (Phi) is 7.12. The molecule has 0 saturated carbocycles. The molecule has 14 heteroatoms. The van der Waals surface area contributed by atoms with Gasteiger partial charge in [-0.2, -0.15) is 12.5 Å². The Bertz CT molecular complexity index is 1080. The Morgan fingerprint density at radius 3 is 2.50 bits per heavy atom. The van der Waals surface area contributed by atoms with E-state index in [1.54, 1.807) is 6.92 Å². The number of carbonyl (C=O) groups is 1. The molecule has 2 heterocycles. The van der Waals surface area contributed by atoms with E-state index in [0.717, 1.165) is 16.6 Å². The minimum atomic E-state index is -3.65. The van der Waals surface area contributed by atoms with E-state index in [-0.39, 0.29) is 28.1 Å². The summed E-state index contributed by atoms with van der Waals surface area (Å²) in [6, 6.07) is 0. The van der Waals surface area contributed by atoms with Crippen LogP contribution in [0.3, 0.4) is 0 Å². The summed E-state index contributed by atoms with van der Waals surface area (Å²) in [4.78, 5) is 22.3. The number of nitrogens with zero attached hydrogens (tertiary/aromatic N) is 5. The number of halogens is 1. The molecule has 2 aromatic rings. The average Bonchev–Trinajstić information content (AvgIpc) is 2.93. The molecule has 0 spiro atoms. The molecule has 0 bridgehead atoms. The van der Waals surface area contributed by atoms with Crippen molar-refractivity contribution >= 4 is 53.0 Å². The summed E-state index contributed by atoms with van der Waals surface area (Å²) in [7, 11) is -7.12. The van der Waals surface area contributed by atoms with Gasteiger partial charge in [0.15, 0.2) is 4.60 Å². The smallest absolute Gasteiger partial charge is 0.291 e. The highest BCUT2D eigenvalue weighted by Gasteiger charge is 2.22. The molecule has 11 nitrogen and oxygen atoms in total. The lowest BCUT2D eigenvalue weighted by Gasteiger charge is -2.19. The number of hydrogen-bond donors (Lipinski definition) is 0. The second-order valence-electron chi connectivity index (χ2n) is 5.94. The monoisotopic (exact) mass is 497 g/mol. The van der Waals surface area contributed by atoms with Crippen molar-refractivity contribution in [3.63, 3.8) is 0 Å². The van der Waals surface area contributed by atoms with Gasteiger partial charge >= 0.3 is 0 Å². The fraction of sp³-hybridized carbons (Fsp3) is 0.571. The number of aromatic nitrogens is 4. The van der Waals surface area contributed by atoms with E-state index in [2.05, 4.69) is 35.2 Å². The number of carbonyl (C=O) groups excluding carboxylic acids is 1. The molecule has 0 aliphatic rings. The highest BCUT2D eigenvalue weighted by molar-refractivity contribution is 9.10. The van der Waals surface area contributed by atoms with Crippen LogP contribution in [0, 0.1) is 0 Å². The van der Waals surface area contributed by atoms with E-state index in [0.29, 0.717) is 25.9 Å². The predicted octanol–water partition coefficient (Wildman–Crippen LogP) is 0.615. The van der Waals surface area contributed by atoms with E-state index in [9.17, 15) is 21.6 Å². The molecule has 0 aliphatic carbocycles. The Labute approximate surface area is 171 Å². The van der Waals surface area contributed by atoms with Crippen molar-refractivity contribution in [1.29, 1.82) is 0 Å². The fourth-order valence-electron chi connectivity index (χ4n) is 2.36. The quantitative estimate of drug-likeness (QED) is 0.359. The maximum Gasteiger partial charge on any atom is 0.291 e. The van der Waals surface area contributed by atoms with Crippen LogP contribution in [0.1, 0.15) is 30.4 Å². The third kappa shape index (κ3) is 5.68. The molecule has 0 saturated heterocycles. The molecule has 0 fully saturated rings. The van der Waals surface area contributed by atoms with Crippen LogP contribution >= 0.6 is 15.9 Å². The van der Waals surface area contributed by atoms with Crippen LogP contribution in [-0.4, -0.2) is 79.0 Å². The minimum absolute atomic E-state index is 0.0463. The lowest BCUT2D eigenvalue weighted by Crippen LogP contribution is -2.33. The molecule has 0 radical (unpaired) electrons. The molecule has 2 aromatic heterocycles. The summed E-state index contributed by atoms with van der Waals surface area (Å²) in [6.45, 7) is 2.61. The van der Waals surface area contributed by atoms with Gasteiger partial charge in [-0.05, 0) is 35.7 Å². The van der Waals surface area contributed by atoms with Crippen LogP contribution in [0.5, 0.6) is 0 Å². The summed E-state index contributed by atoms with van der Waals surface area (Å²) < 4.78 is 51.0. The standard InChI is InChI=1S/C14H20BrN5O6S2/c1-4-19(7-5-6-8-26-28(3,24)25)14(21)13-16-9-10-11(17-13)12(15)18-20(10)27(2,22)23/h9H,4-8H2,1-3H3. The van der Waals surface area contributed by atoms with Crippen molar-refractivity contribution in [3.05, 3.63) is 16.6 Å². The summed E-state index contributed by atoms with van der Waals surface area (Å²) in [5, 5.41) is 3.87. The van der Waals surface area contributed by atoms with Gasteiger partial charge in [0.05, 0.1) is 25.3 Å². The molecule has 156 valence electrons. The zero-order chi connectivity index (χ0) is 21.1. The van der Waals surface area contributed by atoms with Gasteiger partial charge in [0, 0.05) is 13.1 Å². The van der Waals surface area contributed by atoms with Crippen LogP contribution in [0.4, 0.5) is 0 Å². The largest absolute Gasteiger partial charge is 0.336 e. The molecule has 0 unspecified atom stereocenters. The lowest BCUT2D eigenvalue weighted by molar-refractivity contribution is 0.0747. The molecule has 0 aromatic carbocycles. The first-order valence-electron chi connectivity index (χ1n) is 8.19. The van der Waals surface area contributed by atoms with Crippen LogP contribution < -0.4 is 0 Å². The van der Waals surface area contributed by atoms with E-state index in [1.165, 1.54) is 11.1 Å². The maximum absolute atomic E-state index is 12.7. The van der Waals surface area contributed by atoms with Crippen molar-refractivity contribution < 1.29 is 25.8 Å². The number of amides is 1. The Morgan fingerprint density at radius 2 is 1.93 bits per heavy atom. The van der Waals surface area contributed by atoms with Crippen molar-refractivity contribution in [2.24, 2.45) is 0 Å². The van der Waals surface area contributed by atoms with E-state index in [1.807, 2.05) is 0 Å². The third-order valence-corrected chi connectivity index (χ3v) is 5.68. The topological polar surface area (TPSA) is 141 Å². The molecule has 0 atom stereocenters. The summed E-state index contributed by atoms with van der Waals surface area (Å²) in [6.07, 6.45) is 4.21. The van der Waals surface area contributed by atoms with Gasteiger partial charge in [0.25, 0.3) is 26.0 Å². The van der Waals surface area contributed by atoms with Crippen molar-refractivity contribution in [2.75, 3.05) is 32.2 Å². The Morgan fingerprint density at radius 1 is 1.25 bits per heavy atom. The van der Waals surface area contributed by atoms with Crippen LogP contribution in [0.2, 0.25) is 0 Å². The second-order valence-corrected chi connectivity index (χ2v) is 10.1. The maximum atomic E-state index is 12.7. The van der Waals surface area contributed by atoms with Crippen LogP contribution in [-0.2, 0) is 24.3 Å². The molecule has 2 rings (SSSR count). The van der Waals surface area contributed by atoms with Gasteiger partial charge < -0.3 is 4.90 Å². The summed E-state index contributed by atoms with van der Waals surface area (Å²) >= 11 is 3.15. The van der Waals surface area contributed by atoms with Gasteiger partial charge in [0.1, 0.15) is 11.0 Å². The van der Waals surface area contributed by atoms with Gasteiger partial charge in [-0.3, -0.25) is 8.98 Å². The minimum Gasteiger partial charge on any atom is -0.336 e. The molecule has 1 amide bonds. The number of fused-ring (bicyclic) bond motifs is 1. The first kappa shape index (κ1) is 22.6. The fourth-order valence-corrected chi connectivity index (χ4v) is 4.06. The molecule has 28 heavy (non-hydrogen) atoms. The van der Waals surface area contributed by atoms with Crippen molar-refractivity contribution in [2.45, 2.75) is 19.8 Å². The van der Waals surface area contributed by atoms with Gasteiger partial charge in [0.2, 0.25) is 5.82 Å². The SMILES string of the molecule is CCN(CCCCOS(C)(=O)=O)C(=O)c1ncc2c(n1)c(Br)nn2S(C)(=O)=O. The zero-order valence-electron chi connectivity index (χ0n) is 15.5. The average molecular weight is 498 g/mol.